The van der Waals surface area contributed by atoms with Gasteiger partial charge in [-0.15, -0.1) is 0 Å². The van der Waals surface area contributed by atoms with Crippen molar-refractivity contribution in [2.45, 2.75) is 61.6 Å². The van der Waals surface area contributed by atoms with Crippen molar-refractivity contribution < 1.29 is 28.5 Å². The van der Waals surface area contributed by atoms with Gasteiger partial charge in [0.25, 0.3) is 5.91 Å². The predicted octanol–water partition coefficient (Wildman–Crippen LogP) is 3.11. The topological polar surface area (TPSA) is 98.7 Å². The summed E-state index contributed by atoms with van der Waals surface area (Å²) in [7, 11) is 0. The zero-order valence-electron chi connectivity index (χ0n) is 19.3. The van der Waals surface area contributed by atoms with E-state index in [9.17, 15) is 24.3 Å². The number of likely N-dealkylation sites (tertiary alicyclic amines) is 1. The highest BCUT2D eigenvalue weighted by Gasteiger charge is 2.76. The van der Waals surface area contributed by atoms with Crippen LogP contribution in [0.2, 0.25) is 0 Å². The van der Waals surface area contributed by atoms with Crippen molar-refractivity contribution in [3.05, 3.63) is 64.1 Å². The molecule has 0 aromatic heterocycles. The molecule has 182 valence electrons. The number of hydrogen-bond acceptors (Lipinski definition) is 5. The fraction of sp³-hybridized carbons (Fsp3) is 0.481. The molecule has 5 atom stereocenters. The molecule has 2 aromatic rings. The first-order valence-electron chi connectivity index (χ1n) is 12.5. The summed E-state index contributed by atoms with van der Waals surface area (Å²) in [6, 6.07) is 8.28. The number of phenolic OH excluding ortho intramolecular Hbond substituents is 1. The summed E-state index contributed by atoms with van der Waals surface area (Å²) in [5, 5.41) is 28.5. The Bertz CT molecular complexity index is 1280. The summed E-state index contributed by atoms with van der Waals surface area (Å²) in [6.07, 6.45) is 2.59. The molecule has 0 radical (unpaired) electrons. The van der Waals surface area contributed by atoms with Gasteiger partial charge in [-0.1, -0.05) is 6.07 Å². The van der Waals surface area contributed by atoms with Crippen LogP contribution in [0.15, 0.2) is 36.4 Å². The SMILES string of the molecule is O=C(N[C@@]12CCC(=O)[C@@H]3Oc4c(O)ccc5c4[C@@]31CC[N+]([O-])(CC1CC1)[C@@H]2C5)c1ccc(F)cc1. The third kappa shape index (κ3) is 2.67. The second kappa shape index (κ2) is 6.83. The first kappa shape index (κ1) is 21.3. The van der Waals surface area contributed by atoms with Gasteiger partial charge in [-0.2, -0.15) is 0 Å². The number of quaternary nitrogens is 1. The number of hydroxylamine groups is 3. The highest BCUT2D eigenvalue weighted by molar-refractivity contribution is 5.96. The van der Waals surface area contributed by atoms with Crippen LogP contribution in [0.25, 0.3) is 0 Å². The predicted molar refractivity (Wildman–Crippen MR) is 123 cm³/mol. The Kier molecular flexibility index (Phi) is 4.16. The summed E-state index contributed by atoms with van der Waals surface area (Å²) in [4.78, 5) is 26.9. The van der Waals surface area contributed by atoms with Gasteiger partial charge in [0.15, 0.2) is 23.4 Å². The summed E-state index contributed by atoms with van der Waals surface area (Å²) in [5.41, 5.74) is 0.0676. The van der Waals surface area contributed by atoms with Crippen molar-refractivity contribution in [3.8, 4) is 11.5 Å². The van der Waals surface area contributed by atoms with Gasteiger partial charge in [-0.25, -0.2) is 4.39 Å². The zero-order chi connectivity index (χ0) is 24.2. The number of carbonyl (C=O) groups excluding carboxylic acids is 2. The summed E-state index contributed by atoms with van der Waals surface area (Å²) in [6.45, 7) is 0.853. The molecule has 8 heteroatoms. The minimum absolute atomic E-state index is 0.0241. The Labute approximate surface area is 202 Å². The number of Topliss-reactive ketones (excluding diaryl/α,β-unsaturated/α-hetero) is 1. The minimum Gasteiger partial charge on any atom is -0.633 e. The van der Waals surface area contributed by atoms with Gasteiger partial charge < -0.3 is 25.0 Å². The number of hydrogen-bond donors (Lipinski definition) is 2. The lowest BCUT2D eigenvalue weighted by molar-refractivity contribution is -0.920. The summed E-state index contributed by atoms with van der Waals surface area (Å²) in [5.74, 6) is -0.205. The molecular weight excluding hydrogens is 451 g/mol. The number of benzene rings is 2. The van der Waals surface area contributed by atoms with Gasteiger partial charge in [0.05, 0.1) is 18.5 Å². The highest BCUT2D eigenvalue weighted by atomic mass is 19.1. The van der Waals surface area contributed by atoms with Gasteiger partial charge in [0.1, 0.15) is 17.4 Å². The Balaban J connectivity index is 1.44. The molecule has 1 spiro atoms. The Morgan fingerprint density at radius 1 is 1.20 bits per heavy atom. The van der Waals surface area contributed by atoms with Crippen molar-refractivity contribution in [2.75, 3.05) is 13.1 Å². The maximum absolute atomic E-state index is 14.6. The third-order valence-corrected chi connectivity index (χ3v) is 9.35. The first-order valence-corrected chi connectivity index (χ1v) is 12.5. The fourth-order valence-corrected chi connectivity index (χ4v) is 7.72. The number of ketones is 1. The molecule has 3 fully saturated rings. The van der Waals surface area contributed by atoms with Gasteiger partial charge in [0, 0.05) is 36.3 Å². The van der Waals surface area contributed by atoms with Gasteiger partial charge in [0.2, 0.25) is 0 Å². The molecule has 3 aliphatic carbocycles. The molecule has 35 heavy (non-hydrogen) atoms. The molecule has 2 bridgehead atoms. The van der Waals surface area contributed by atoms with E-state index in [-0.39, 0.29) is 23.9 Å². The number of phenols is 1. The molecule has 7 rings (SSSR count). The van der Waals surface area contributed by atoms with E-state index in [2.05, 4.69) is 5.32 Å². The van der Waals surface area contributed by atoms with Crippen molar-refractivity contribution in [2.24, 2.45) is 5.92 Å². The third-order valence-electron chi connectivity index (χ3n) is 9.35. The molecule has 1 unspecified atom stereocenters. The van der Waals surface area contributed by atoms with Crippen LogP contribution in [-0.2, 0) is 16.6 Å². The largest absolute Gasteiger partial charge is 0.633 e. The van der Waals surface area contributed by atoms with E-state index in [4.69, 9.17) is 4.74 Å². The van der Waals surface area contributed by atoms with Crippen LogP contribution in [0.3, 0.4) is 0 Å². The number of nitrogens with one attached hydrogen (secondary N) is 1. The van der Waals surface area contributed by atoms with Crippen LogP contribution in [0.4, 0.5) is 4.39 Å². The molecular formula is C27H27FN2O5. The van der Waals surface area contributed by atoms with Gasteiger partial charge in [-0.3, -0.25) is 9.59 Å². The quantitative estimate of drug-likeness (QED) is 0.520. The maximum Gasteiger partial charge on any atom is 0.251 e. The van der Waals surface area contributed by atoms with Crippen LogP contribution in [-0.4, -0.2) is 52.2 Å². The second-order valence-electron chi connectivity index (χ2n) is 11.1. The Morgan fingerprint density at radius 2 is 1.97 bits per heavy atom. The normalized spacial score (nSPS) is 36.3. The van der Waals surface area contributed by atoms with Crippen LogP contribution >= 0.6 is 0 Å². The average molecular weight is 479 g/mol. The lowest BCUT2D eigenvalue weighted by atomic mass is 9.47. The lowest BCUT2D eigenvalue weighted by Gasteiger charge is -2.69. The molecule has 2 N–H and O–H groups in total. The van der Waals surface area contributed by atoms with Crippen molar-refractivity contribution in [1.82, 2.24) is 5.32 Å². The molecule has 7 nitrogen and oxygen atoms in total. The van der Waals surface area contributed by atoms with Crippen LogP contribution in [0.5, 0.6) is 11.5 Å². The first-order chi connectivity index (χ1) is 16.8. The molecule has 5 aliphatic rings. The maximum atomic E-state index is 14.6. The average Bonchev–Trinajstić information content (AvgIpc) is 3.56. The molecule has 1 saturated heterocycles. The van der Waals surface area contributed by atoms with Crippen molar-refractivity contribution >= 4 is 11.7 Å². The number of amides is 1. The fourth-order valence-electron chi connectivity index (χ4n) is 7.72. The zero-order valence-corrected chi connectivity index (χ0v) is 19.3. The highest BCUT2D eigenvalue weighted by Crippen LogP contribution is 2.66. The van der Waals surface area contributed by atoms with Crippen molar-refractivity contribution in [3.63, 3.8) is 0 Å². The molecule has 2 heterocycles. The number of piperidine rings is 1. The van der Waals surface area contributed by atoms with Crippen LogP contribution < -0.4 is 10.1 Å². The number of rotatable bonds is 4. The number of carbonyl (C=O) groups is 2. The smallest absolute Gasteiger partial charge is 0.251 e. The Morgan fingerprint density at radius 3 is 2.71 bits per heavy atom. The van der Waals surface area contributed by atoms with E-state index >= 15 is 0 Å². The number of aromatic hydroxyl groups is 1. The standard InChI is InChI=1S/C27H27FN2O5/c28-18-6-3-16(4-7-18)25(33)29-27-10-9-20(32)24-26(27)11-12-30(34,14-15-1-2-15)21(27)13-17-5-8-19(31)23(35-24)22(17)26/h3-8,15,21,24,31H,1-2,9-14H2,(H,29,33)/t21-,24+,26+,27-,30?/m1/s1. The van der Waals surface area contributed by atoms with Crippen molar-refractivity contribution in [1.29, 1.82) is 0 Å². The van der Waals surface area contributed by atoms with E-state index in [0.29, 0.717) is 49.6 Å². The van der Waals surface area contributed by atoms with Gasteiger partial charge in [-0.05, 0) is 55.2 Å². The monoisotopic (exact) mass is 478 g/mol. The van der Waals surface area contributed by atoms with E-state index in [0.717, 1.165) is 24.0 Å². The molecule has 2 aliphatic heterocycles. The number of halogens is 1. The molecule has 2 aromatic carbocycles. The van der Waals surface area contributed by atoms with E-state index in [1.54, 1.807) is 6.07 Å². The van der Waals surface area contributed by atoms with E-state index < -0.39 is 33.6 Å². The van der Waals surface area contributed by atoms with E-state index in [1.807, 2.05) is 6.07 Å². The molecule has 2 saturated carbocycles. The number of ether oxygens (including phenoxy) is 1. The van der Waals surface area contributed by atoms with Crippen LogP contribution in [0.1, 0.15) is 53.6 Å². The second-order valence-corrected chi connectivity index (χ2v) is 11.1. The van der Waals surface area contributed by atoms with Crippen LogP contribution in [0, 0.1) is 16.9 Å². The number of nitrogens with zero attached hydrogens (tertiary/aromatic N) is 1. The van der Waals surface area contributed by atoms with Gasteiger partial charge >= 0.3 is 0 Å². The van der Waals surface area contributed by atoms with E-state index in [1.165, 1.54) is 24.3 Å². The Hall–Kier alpha value is -2.97. The molecule has 1 amide bonds. The summed E-state index contributed by atoms with van der Waals surface area (Å²) < 4.78 is 19.3. The summed E-state index contributed by atoms with van der Waals surface area (Å²) >= 11 is 0. The minimum atomic E-state index is -1.02. The lowest BCUT2D eigenvalue weighted by Crippen LogP contribution is -2.85.